The molecule has 0 unspecified atom stereocenters. The zero-order valence-electron chi connectivity index (χ0n) is 11.8. The standard InChI is InChI=1S/C15H14BrN4OS/c1-2-18-14(21)20-15-19-12-7-3-6-11(16)13(12)22(15)10-5-4-8-17-9-10/h3-9H,2H2,1H3,(H2,18,19,20,21). The minimum atomic E-state index is -0.470. The molecule has 2 amide bonds. The summed E-state index contributed by atoms with van der Waals surface area (Å²) in [5.41, 5.74) is 0.869. The Morgan fingerprint density at radius 2 is 2.18 bits per heavy atom. The zero-order valence-corrected chi connectivity index (χ0v) is 14.2. The van der Waals surface area contributed by atoms with Crippen LogP contribution in [0.5, 0.6) is 0 Å². The van der Waals surface area contributed by atoms with Crippen LogP contribution in [0.25, 0.3) is 0 Å². The quantitative estimate of drug-likeness (QED) is 0.834. The largest absolute Gasteiger partial charge is 0.338 e. The van der Waals surface area contributed by atoms with Gasteiger partial charge < -0.3 is 5.32 Å². The highest BCUT2D eigenvalue weighted by atomic mass is 79.9. The fourth-order valence-electron chi connectivity index (χ4n) is 2.12. The average Bonchev–Trinajstić information content (AvgIpc) is 2.87. The Morgan fingerprint density at radius 3 is 2.91 bits per heavy atom. The van der Waals surface area contributed by atoms with Crippen LogP contribution in [0.3, 0.4) is 0 Å². The Morgan fingerprint density at radius 1 is 1.32 bits per heavy atom. The van der Waals surface area contributed by atoms with Crippen molar-refractivity contribution in [2.45, 2.75) is 16.7 Å². The van der Waals surface area contributed by atoms with Crippen molar-refractivity contribution < 1.29 is 4.79 Å². The molecule has 0 saturated heterocycles. The summed E-state index contributed by atoms with van der Waals surface area (Å²) in [6, 6.07) is 9.52. The smallest absolute Gasteiger partial charge is 0.320 e. The summed E-state index contributed by atoms with van der Waals surface area (Å²) in [7, 11) is -0.470. The van der Waals surface area contributed by atoms with Crippen molar-refractivity contribution in [3.63, 3.8) is 0 Å². The first-order chi connectivity index (χ1) is 10.7. The van der Waals surface area contributed by atoms with E-state index in [1.165, 1.54) is 0 Å². The van der Waals surface area contributed by atoms with Gasteiger partial charge in [-0.15, -0.1) is 0 Å². The summed E-state index contributed by atoms with van der Waals surface area (Å²) in [6.45, 7) is 2.44. The number of carbonyl (C=O) groups excluding carboxylic acids is 1. The van der Waals surface area contributed by atoms with E-state index in [2.05, 4.69) is 36.5 Å². The van der Waals surface area contributed by atoms with E-state index in [1.54, 1.807) is 6.20 Å². The lowest BCUT2D eigenvalue weighted by atomic mass is 10.3. The molecule has 2 heterocycles. The molecule has 2 aromatic rings. The van der Waals surface area contributed by atoms with Crippen molar-refractivity contribution in [2.75, 3.05) is 6.54 Å². The topological polar surface area (TPSA) is 66.4 Å². The highest BCUT2D eigenvalue weighted by molar-refractivity contribution is 9.10. The molecule has 0 saturated carbocycles. The van der Waals surface area contributed by atoms with Gasteiger partial charge in [-0.2, -0.15) is 0 Å². The molecule has 22 heavy (non-hydrogen) atoms. The Balaban J connectivity index is 2.02. The van der Waals surface area contributed by atoms with Gasteiger partial charge >= 0.3 is 6.03 Å². The number of aromatic nitrogens is 1. The number of hydrogen-bond donors (Lipinski definition) is 2. The molecule has 5 nitrogen and oxygen atoms in total. The van der Waals surface area contributed by atoms with Crippen molar-refractivity contribution in [2.24, 2.45) is 4.99 Å². The van der Waals surface area contributed by atoms with Gasteiger partial charge in [0.1, 0.15) is 0 Å². The summed E-state index contributed by atoms with van der Waals surface area (Å²) in [5.74, 6) is 0. The molecule has 1 aromatic carbocycles. The van der Waals surface area contributed by atoms with Crippen LogP contribution >= 0.6 is 26.8 Å². The van der Waals surface area contributed by atoms with E-state index >= 15 is 0 Å². The third kappa shape index (κ3) is 2.86. The van der Waals surface area contributed by atoms with Gasteiger partial charge in [-0.25, -0.2) is 9.79 Å². The van der Waals surface area contributed by atoms with Gasteiger partial charge in [-0.05, 0) is 47.1 Å². The van der Waals surface area contributed by atoms with Crippen LogP contribution in [0.2, 0.25) is 0 Å². The number of urea groups is 1. The van der Waals surface area contributed by atoms with Gasteiger partial charge in [0, 0.05) is 33.2 Å². The lowest BCUT2D eigenvalue weighted by Crippen LogP contribution is -2.38. The fraction of sp³-hybridized carbons (Fsp3) is 0.133. The summed E-state index contributed by atoms with van der Waals surface area (Å²) >= 11 is 3.59. The number of amides is 2. The maximum absolute atomic E-state index is 11.9. The second-order valence-electron chi connectivity index (χ2n) is 4.48. The molecule has 113 valence electrons. The minimum Gasteiger partial charge on any atom is -0.338 e. The van der Waals surface area contributed by atoms with Crippen molar-refractivity contribution in [3.8, 4) is 0 Å². The van der Waals surface area contributed by atoms with E-state index in [4.69, 9.17) is 0 Å². The predicted molar refractivity (Wildman–Crippen MR) is 91.8 cm³/mol. The Kier molecular flexibility index (Phi) is 4.44. The first-order valence-corrected chi connectivity index (χ1v) is 8.79. The molecule has 1 radical (unpaired) electrons. The molecule has 0 atom stereocenters. The number of carbonyl (C=O) groups is 1. The number of amidine groups is 1. The SMILES string of the molecule is CCNC(=O)NC1=Nc2cccc(Br)c2[S]1c1cccnc1. The number of benzene rings is 1. The molecule has 7 heteroatoms. The van der Waals surface area contributed by atoms with E-state index in [0.717, 1.165) is 20.0 Å². The van der Waals surface area contributed by atoms with E-state index < -0.39 is 10.9 Å². The first kappa shape index (κ1) is 15.1. The van der Waals surface area contributed by atoms with Crippen LogP contribution in [0.1, 0.15) is 6.92 Å². The van der Waals surface area contributed by atoms with Crippen molar-refractivity contribution >= 4 is 43.7 Å². The van der Waals surface area contributed by atoms with Crippen LogP contribution in [0.15, 0.2) is 62.0 Å². The molecule has 1 aliphatic heterocycles. The second-order valence-corrected chi connectivity index (χ2v) is 7.22. The number of halogens is 1. The van der Waals surface area contributed by atoms with Crippen molar-refractivity contribution in [1.82, 2.24) is 15.6 Å². The highest BCUT2D eigenvalue weighted by Crippen LogP contribution is 2.56. The van der Waals surface area contributed by atoms with Crippen LogP contribution in [-0.2, 0) is 0 Å². The molecular weight excluding hydrogens is 364 g/mol. The second kappa shape index (κ2) is 6.50. The maximum Gasteiger partial charge on any atom is 0.320 e. The minimum absolute atomic E-state index is 0.244. The van der Waals surface area contributed by atoms with Gasteiger partial charge in [0.2, 0.25) is 0 Å². The van der Waals surface area contributed by atoms with Crippen LogP contribution in [-0.4, -0.2) is 22.7 Å². The van der Waals surface area contributed by atoms with Crippen molar-refractivity contribution in [1.29, 1.82) is 0 Å². The molecular formula is C15H14BrN4OS. The molecule has 1 aromatic heterocycles. The van der Waals surface area contributed by atoms with E-state index in [0.29, 0.717) is 11.7 Å². The summed E-state index contributed by atoms with van der Waals surface area (Å²) in [4.78, 5) is 22.8. The number of fused-ring (bicyclic) bond motifs is 1. The Hall–Kier alpha value is -1.86. The normalized spacial score (nSPS) is 13.5. The number of rotatable bonds is 2. The van der Waals surface area contributed by atoms with Crippen molar-refractivity contribution in [3.05, 3.63) is 47.2 Å². The van der Waals surface area contributed by atoms with Gasteiger partial charge in [0.15, 0.2) is 5.17 Å². The molecule has 0 spiro atoms. The monoisotopic (exact) mass is 377 g/mol. The average molecular weight is 378 g/mol. The molecule has 0 bridgehead atoms. The Bertz CT molecular complexity index is 736. The van der Waals surface area contributed by atoms with E-state index in [1.807, 2.05) is 43.5 Å². The summed E-state index contributed by atoms with van der Waals surface area (Å²) in [6.07, 6.45) is 3.55. The fourth-order valence-corrected chi connectivity index (χ4v) is 4.96. The summed E-state index contributed by atoms with van der Waals surface area (Å²) in [5, 5.41) is 6.24. The van der Waals surface area contributed by atoms with Gasteiger partial charge in [0.05, 0.1) is 5.69 Å². The van der Waals surface area contributed by atoms with E-state index in [-0.39, 0.29) is 6.03 Å². The lowest BCUT2D eigenvalue weighted by Gasteiger charge is -2.18. The molecule has 3 rings (SSSR count). The van der Waals surface area contributed by atoms with Crippen LogP contribution in [0.4, 0.5) is 10.5 Å². The van der Waals surface area contributed by atoms with E-state index in [9.17, 15) is 4.79 Å². The summed E-state index contributed by atoms with van der Waals surface area (Å²) < 4.78 is 0.980. The number of nitrogens with zero attached hydrogens (tertiary/aromatic N) is 2. The number of hydrogen-bond acceptors (Lipinski definition) is 3. The molecule has 0 aliphatic carbocycles. The van der Waals surface area contributed by atoms with Crippen LogP contribution < -0.4 is 10.6 Å². The molecule has 1 aliphatic rings. The number of nitrogens with one attached hydrogen (secondary N) is 2. The third-order valence-corrected chi connectivity index (χ3v) is 6.05. The molecule has 2 N–H and O–H groups in total. The predicted octanol–water partition coefficient (Wildman–Crippen LogP) is 3.85. The zero-order chi connectivity index (χ0) is 15.5. The number of pyridine rings is 1. The first-order valence-electron chi connectivity index (χ1n) is 6.77. The van der Waals surface area contributed by atoms with Gasteiger partial charge in [-0.1, -0.05) is 17.0 Å². The highest BCUT2D eigenvalue weighted by Gasteiger charge is 2.30. The van der Waals surface area contributed by atoms with Crippen LogP contribution in [0, 0.1) is 0 Å². The Labute approximate surface area is 139 Å². The maximum atomic E-state index is 11.9. The van der Waals surface area contributed by atoms with Gasteiger partial charge in [-0.3, -0.25) is 10.3 Å². The van der Waals surface area contributed by atoms with Gasteiger partial charge in [0.25, 0.3) is 0 Å². The third-order valence-electron chi connectivity index (χ3n) is 2.99. The number of aliphatic imine (C=N–C) groups is 1. The molecule has 0 fully saturated rings. The lowest BCUT2D eigenvalue weighted by molar-refractivity contribution is 0.246.